The minimum atomic E-state index is -0.561. The molecule has 0 aromatic heterocycles. The lowest BCUT2D eigenvalue weighted by atomic mass is 10.2. The number of hydrogen-bond acceptors (Lipinski definition) is 5. The lowest BCUT2D eigenvalue weighted by Gasteiger charge is -2.15. The summed E-state index contributed by atoms with van der Waals surface area (Å²) in [4.78, 5) is 38.0. The summed E-state index contributed by atoms with van der Waals surface area (Å²) in [6, 6.07) is 15.6. The van der Waals surface area contributed by atoms with Crippen LogP contribution in [0.4, 0.5) is 5.69 Å². The Morgan fingerprint density at radius 2 is 1.81 bits per heavy atom. The van der Waals surface area contributed by atoms with Gasteiger partial charge < -0.3 is 10.1 Å². The van der Waals surface area contributed by atoms with Crippen LogP contribution in [0.5, 0.6) is 0 Å². The van der Waals surface area contributed by atoms with E-state index in [2.05, 4.69) is 5.32 Å². The first-order valence-electron chi connectivity index (χ1n) is 8.35. The summed E-state index contributed by atoms with van der Waals surface area (Å²) in [5.74, 6) is -1.55. The monoisotopic (exact) mass is 384 g/mol. The van der Waals surface area contributed by atoms with Gasteiger partial charge in [0, 0.05) is 5.69 Å². The molecule has 1 aliphatic heterocycles. The van der Waals surface area contributed by atoms with Crippen LogP contribution in [-0.4, -0.2) is 29.3 Å². The number of imide groups is 1. The van der Waals surface area contributed by atoms with E-state index in [-0.39, 0.29) is 23.9 Å². The molecule has 27 heavy (non-hydrogen) atoms. The van der Waals surface area contributed by atoms with Crippen molar-refractivity contribution in [3.8, 4) is 0 Å². The topological polar surface area (TPSA) is 75.7 Å². The Balaban J connectivity index is 1.79. The van der Waals surface area contributed by atoms with Gasteiger partial charge in [-0.05, 0) is 30.7 Å². The Kier molecular flexibility index (Phi) is 5.57. The number of nitrogens with one attached hydrogen (secondary N) is 1. The minimum absolute atomic E-state index is 0.0152. The number of carbonyl (C=O) groups excluding carboxylic acids is 3. The molecular formula is C20H17ClN2O4. The van der Waals surface area contributed by atoms with Gasteiger partial charge in [-0.1, -0.05) is 48.0 Å². The van der Waals surface area contributed by atoms with Gasteiger partial charge in [-0.15, -0.1) is 0 Å². The average Bonchev–Trinajstić information content (AvgIpc) is 2.87. The Hall–Kier alpha value is -3.12. The molecule has 1 heterocycles. The maximum Gasteiger partial charge on any atom is 0.338 e. The SMILES string of the molecule is CCOC(=O)c1cccc(NC2=C(Cl)C(=O)N(Cc3ccccc3)C2=O)c1. The van der Waals surface area contributed by atoms with E-state index in [1.807, 2.05) is 30.3 Å². The number of carbonyl (C=O) groups is 3. The highest BCUT2D eigenvalue weighted by atomic mass is 35.5. The van der Waals surface area contributed by atoms with E-state index in [0.29, 0.717) is 11.3 Å². The molecule has 2 aromatic rings. The van der Waals surface area contributed by atoms with Crippen LogP contribution >= 0.6 is 11.6 Å². The van der Waals surface area contributed by atoms with Crippen LogP contribution in [0.1, 0.15) is 22.8 Å². The maximum absolute atomic E-state index is 12.7. The predicted molar refractivity (Wildman–Crippen MR) is 101 cm³/mol. The van der Waals surface area contributed by atoms with E-state index in [9.17, 15) is 14.4 Å². The van der Waals surface area contributed by atoms with Crippen molar-refractivity contribution in [3.63, 3.8) is 0 Å². The summed E-state index contributed by atoms with van der Waals surface area (Å²) in [5, 5.41) is 2.67. The fourth-order valence-corrected chi connectivity index (χ4v) is 2.88. The molecule has 0 aliphatic carbocycles. The first-order chi connectivity index (χ1) is 13.0. The summed E-state index contributed by atoms with van der Waals surface area (Å²) in [5.41, 5.74) is 1.58. The van der Waals surface area contributed by atoms with E-state index in [4.69, 9.17) is 16.3 Å². The van der Waals surface area contributed by atoms with Crippen molar-refractivity contribution >= 4 is 35.1 Å². The van der Waals surface area contributed by atoms with E-state index in [1.54, 1.807) is 25.1 Å². The van der Waals surface area contributed by atoms with E-state index in [1.165, 1.54) is 6.07 Å². The van der Waals surface area contributed by atoms with Crippen LogP contribution in [-0.2, 0) is 20.9 Å². The zero-order valence-corrected chi connectivity index (χ0v) is 15.3. The molecule has 138 valence electrons. The summed E-state index contributed by atoms with van der Waals surface area (Å²) in [6.07, 6.45) is 0. The Bertz CT molecular complexity index is 925. The van der Waals surface area contributed by atoms with Crippen molar-refractivity contribution in [3.05, 3.63) is 76.5 Å². The molecule has 1 N–H and O–H groups in total. The molecule has 6 nitrogen and oxygen atoms in total. The van der Waals surface area contributed by atoms with Crippen molar-refractivity contribution in [2.45, 2.75) is 13.5 Å². The van der Waals surface area contributed by atoms with E-state index >= 15 is 0 Å². The lowest BCUT2D eigenvalue weighted by Crippen LogP contribution is -2.31. The number of rotatable bonds is 6. The molecule has 0 atom stereocenters. The highest BCUT2D eigenvalue weighted by molar-refractivity contribution is 6.48. The molecule has 0 spiro atoms. The van der Waals surface area contributed by atoms with Crippen molar-refractivity contribution in [1.82, 2.24) is 4.90 Å². The molecule has 1 aliphatic rings. The third-order valence-electron chi connectivity index (χ3n) is 3.94. The van der Waals surface area contributed by atoms with Crippen LogP contribution in [0, 0.1) is 0 Å². The molecule has 0 radical (unpaired) electrons. The van der Waals surface area contributed by atoms with Crippen LogP contribution < -0.4 is 5.32 Å². The summed E-state index contributed by atoms with van der Waals surface area (Å²) in [6.45, 7) is 2.10. The molecule has 0 saturated heterocycles. The number of amides is 2. The quantitative estimate of drug-likeness (QED) is 0.611. The highest BCUT2D eigenvalue weighted by Gasteiger charge is 2.37. The molecule has 2 amide bonds. The largest absolute Gasteiger partial charge is 0.462 e. The van der Waals surface area contributed by atoms with Crippen LogP contribution in [0.25, 0.3) is 0 Å². The van der Waals surface area contributed by atoms with Crippen molar-refractivity contribution in [2.24, 2.45) is 0 Å². The van der Waals surface area contributed by atoms with Crippen LogP contribution in [0.3, 0.4) is 0 Å². The molecule has 7 heteroatoms. The second kappa shape index (κ2) is 8.05. The second-order valence-corrected chi connectivity index (χ2v) is 6.18. The Morgan fingerprint density at radius 3 is 2.52 bits per heavy atom. The van der Waals surface area contributed by atoms with Gasteiger partial charge in [0.05, 0.1) is 18.7 Å². The van der Waals surface area contributed by atoms with Gasteiger partial charge in [0.1, 0.15) is 10.7 Å². The summed E-state index contributed by atoms with van der Waals surface area (Å²) >= 11 is 6.10. The van der Waals surface area contributed by atoms with Gasteiger partial charge in [-0.3, -0.25) is 14.5 Å². The zero-order valence-electron chi connectivity index (χ0n) is 14.6. The number of hydrogen-bond donors (Lipinski definition) is 1. The van der Waals surface area contributed by atoms with Crippen LogP contribution in [0.2, 0.25) is 0 Å². The first kappa shape index (κ1) is 18.7. The summed E-state index contributed by atoms with van der Waals surface area (Å²) < 4.78 is 4.96. The molecule has 3 rings (SSSR count). The van der Waals surface area contributed by atoms with Crippen molar-refractivity contribution < 1.29 is 19.1 Å². The van der Waals surface area contributed by atoms with Gasteiger partial charge >= 0.3 is 5.97 Å². The van der Waals surface area contributed by atoms with Gasteiger partial charge in [0.15, 0.2) is 0 Å². The zero-order chi connectivity index (χ0) is 19.4. The maximum atomic E-state index is 12.7. The normalized spacial score (nSPS) is 13.9. The Morgan fingerprint density at radius 1 is 1.07 bits per heavy atom. The smallest absolute Gasteiger partial charge is 0.338 e. The minimum Gasteiger partial charge on any atom is -0.462 e. The van der Waals surface area contributed by atoms with Gasteiger partial charge in [0.2, 0.25) is 0 Å². The number of ether oxygens (including phenoxy) is 1. The molecule has 0 unspecified atom stereocenters. The van der Waals surface area contributed by atoms with E-state index < -0.39 is 17.8 Å². The molecule has 0 fully saturated rings. The predicted octanol–water partition coefficient (Wildman–Crippen LogP) is 3.29. The Labute approximate surface area is 161 Å². The third kappa shape index (κ3) is 4.01. The number of halogens is 1. The standard InChI is InChI=1S/C20H17ClN2O4/c1-2-27-20(26)14-9-6-10-15(11-14)22-17-16(21)18(24)23(19(17)25)12-13-7-4-3-5-8-13/h3-11,22H,2,12H2,1H3. The fraction of sp³-hybridized carbons (Fsp3) is 0.150. The van der Waals surface area contributed by atoms with Crippen molar-refractivity contribution in [1.29, 1.82) is 0 Å². The first-order valence-corrected chi connectivity index (χ1v) is 8.73. The third-order valence-corrected chi connectivity index (χ3v) is 4.29. The average molecular weight is 385 g/mol. The van der Waals surface area contributed by atoms with Crippen LogP contribution in [0.15, 0.2) is 65.3 Å². The van der Waals surface area contributed by atoms with Gasteiger partial charge in [-0.2, -0.15) is 0 Å². The number of esters is 1. The fourth-order valence-electron chi connectivity index (χ4n) is 2.65. The van der Waals surface area contributed by atoms with Gasteiger partial charge in [0.25, 0.3) is 11.8 Å². The van der Waals surface area contributed by atoms with E-state index in [0.717, 1.165) is 10.5 Å². The number of anilines is 1. The molecule has 2 aromatic carbocycles. The van der Waals surface area contributed by atoms with Crippen molar-refractivity contribution in [2.75, 3.05) is 11.9 Å². The second-order valence-electron chi connectivity index (χ2n) is 5.80. The lowest BCUT2D eigenvalue weighted by molar-refractivity contribution is -0.138. The number of nitrogens with zero attached hydrogens (tertiary/aromatic N) is 1. The van der Waals surface area contributed by atoms with Gasteiger partial charge in [-0.25, -0.2) is 4.79 Å². The summed E-state index contributed by atoms with van der Waals surface area (Å²) in [7, 11) is 0. The highest BCUT2D eigenvalue weighted by Crippen LogP contribution is 2.27. The molecule has 0 saturated carbocycles. The molecular weight excluding hydrogens is 368 g/mol. The molecule has 0 bridgehead atoms. The number of benzene rings is 2.